The lowest BCUT2D eigenvalue weighted by Gasteiger charge is -2.10. The third kappa shape index (κ3) is 4.51. The molecule has 2 heterocycles. The van der Waals surface area contributed by atoms with Crippen molar-refractivity contribution in [1.29, 1.82) is 5.26 Å². The Kier molecular flexibility index (Phi) is 5.91. The minimum Gasteiger partial charge on any atom is -0.259 e. The van der Waals surface area contributed by atoms with Crippen LogP contribution >= 0.6 is 0 Å². The Labute approximate surface area is 221 Å². The molecule has 6 rings (SSSR count). The van der Waals surface area contributed by atoms with Crippen molar-refractivity contribution in [2.75, 3.05) is 0 Å². The maximum Gasteiger partial charge on any atom is 0.190 e. The van der Waals surface area contributed by atoms with Crippen molar-refractivity contribution in [3.05, 3.63) is 139 Å². The fraction of sp³-hybridized carbons (Fsp3) is 0. The van der Waals surface area contributed by atoms with Crippen LogP contribution in [0.2, 0.25) is 0 Å². The van der Waals surface area contributed by atoms with Crippen LogP contribution in [0, 0.1) is 17.9 Å². The van der Waals surface area contributed by atoms with Gasteiger partial charge in [0.2, 0.25) is 0 Å². The molecule has 2 aromatic heterocycles. The number of aromatic nitrogens is 2. The fourth-order valence-electron chi connectivity index (χ4n) is 4.63. The molecule has 0 radical (unpaired) electrons. The van der Waals surface area contributed by atoms with Gasteiger partial charge in [0.05, 0.1) is 29.6 Å². The first kappa shape index (κ1) is 22.9. The van der Waals surface area contributed by atoms with Gasteiger partial charge in [-0.15, -0.1) is 0 Å². The van der Waals surface area contributed by atoms with Gasteiger partial charge in [0.15, 0.2) is 5.69 Å². The Hall–Kier alpha value is -5.58. The molecule has 4 aromatic carbocycles. The summed E-state index contributed by atoms with van der Waals surface area (Å²) in [6, 6.07) is 38.7. The SMILES string of the molecule is [C-]#[N+]c1ccnc(-c2cccc(-c3ccc4cc(-c5cccc(-c6cc(C#N)ccn6)c5)ccc4c3)c2)c1. The summed E-state index contributed by atoms with van der Waals surface area (Å²) >= 11 is 0. The summed E-state index contributed by atoms with van der Waals surface area (Å²) in [5.41, 5.74) is 9.17. The number of fused-ring (bicyclic) bond motifs is 1. The molecule has 0 atom stereocenters. The van der Waals surface area contributed by atoms with E-state index < -0.39 is 0 Å². The number of hydrogen-bond donors (Lipinski definition) is 0. The molecule has 0 aliphatic heterocycles. The Morgan fingerprint density at radius 3 is 1.66 bits per heavy atom. The highest BCUT2D eigenvalue weighted by atomic mass is 14.7. The molecule has 0 bridgehead atoms. The molecule has 0 fully saturated rings. The maximum atomic E-state index is 9.23. The predicted octanol–water partition coefficient (Wildman–Crippen LogP) is 8.72. The second-order valence-corrected chi connectivity index (χ2v) is 8.99. The summed E-state index contributed by atoms with van der Waals surface area (Å²) in [6.07, 6.45) is 3.35. The van der Waals surface area contributed by atoms with E-state index in [1.165, 1.54) is 0 Å². The van der Waals surface area contributed by atoms with E-state index in [4.69, 9.17) is 6.57 Å². The highest BCUT2D eigenvalue weighted by molar-refractivity contribution is 5.91. The summed E-state index contributed by atoms with van der Waals surface area (Å²) in [5, 5.41) is 11.5. The monoisotopic (exact) mass is 484 g/mol. The molecule has 0 N–H and O–H groups in total. The molecule has 0 unspecified atom stereocenters. The van der Waals surface area contributed by atoms with Crippen LogP contribution in [-0.4, -0.2) is 9.97 Å². The molecule has 0 saturated carbocycles. The van der Waals surface area contributed by atoms with E-state index in [0.29, 0.717) is 11.3 Å². The first-order valence-electron chi connectivity index (χ1n) is 12.2. The lowest BCUT2D eigenvalue weighted by atomic mass is 9.95. The van der Waals surface area contributed by atoms with Crippen LogP contribution in [0.5, 0.6) is 0 Å². The largest absolute Gasteiger partial charge is 0.259 e. The maximum absolute atomic E-state index is 9.23. The summed E-state index contributed by atoms with van der Waals surface area (Å²) in [5.74, 6) is 0. The van der Waals surface area contributed by atoms with Gasteiger partial charge in [0.25, 0.3) is 0 Å². The van der Waals surface area contributed by atoms with Crippen LogP contribution < -0.4 is 0 Å². The third-order valence-electron chi connectivity index (χ3n) is 6.59. The minimum atomic E-state index is 0.583. The van der Waals surface area contributed by atoms with Crippen molar-refractivity contribution in [3.8, 4) is 50.8 Å². The van der Waals surface area contributed by atoms with Gasteiger partial charge in [-0.25, -0.2) is 4.85 Å². The van der Waals surface area contributed by atoms with E-state index in [1.54, 1.807) is 24.5 Å². The normalized spacial score (nSPS) is 10.6. The first-order chi connectivity index (χ1) is 18.7. The second kappa shape index (κ2) is 9.82. The summed E-state index contributed by atoms with van der Waals surface area (Å²) in [4.78, 5) is 12.4. The van der Waals surface area contributed by atoms with Gasteiger partial charge < -0.3 is 0 Å². The molecule has 38 heavy (non-hydrogen) atoms. The van der Waals surface area contributed by atoms with Gasteiger partial charge >= 0.3 is 0 Å². The molecule has 176 valence electrons. The lowest BCUT2D eigenvalue weighted by Crippen LogP contribution is -1.87. The van der Waals surface area contributed by atoms with E-state index in [9.17, 15) is 5.26 Å². The van der Waals surface area contributed by atoms with E-state index >= 15 is 0 Å². The van der Waals surface area contributed by atoms with Crippen LogP contribution in [-0.2, 0) is 0 Å². The van der Waals surface area contributed by atoms with E-state index in [0.717, 1.165) is 55.5 Å². The van der Waals surface area contributed by atoms with Crippen LogP contribution in [0.3, 0.4) is 0 Å². The number of nitriles is 1. The third-order valence-corrected chi connectivity index (χ3v) is 6.59. The van der Waals surface area contributed by atoms with E-state index in [1.807, 2.05) is 36.4 Å². The van der Waals surface area contributed by atoms with Crippen molar-refractivity contribution in [2.24, 2.45) is 0 Å². The van der Waals surface area contributed by atoms with Gasteiger partial charge in [-0.2, -0.15) is 5.26 Å². The Morgan fingerprint density at radius 2 is 1.08 bits per heavy atom. The highest BCUT2D eigenvalue weighted by Crippen LogP contribution is 2.32. The first-order valence-corrected chi connectivity index (χ1v) is 12.2. The predicted molar refractivity (Wildman–Crippen MR) is 152 cm³/mol. The van der Waals surface area contributed by atoms with Crippen LogP contribution in [0.15, 0.2) is 122 Å². The van der Waals surface area contributed by atoms with Gasteiger partial charge in [-0.3, -0.25) is 9.97 Å². The zero-order valence-corrected chi connectivity index (χ0v) is 20.3. The molecule has 0 spiro atoms. The van der Waals surface area contributed by atoms with Crippen molar-refractivity contribution in [2.45, 2.75) is 0 Å². The number of nitrogens with zero attached hydrogens (tertiary/aromatic N) is 4. The molecule has 0 amide bonds. The summed E-state index contributed by atoms with van der Waals surface area (Å²) < 4.78 is 0. The van der Waals surface area contributed by atoms with E-state index in [2.05, 4.69) is 81.5 Å². The van der Waals surface area contributed by atoms with Gasteiger partial charge in [0.1, 0.15) is 0 Å². The van der Waals surface area contributed by atoms with Crippen LogP contribution in [0.25, 0.3) is 60.4 Å². The van der Waals surface area contributed by atoms with Crippen molar-refractivity contribution >= 4 is 16.5 Å². The molecular weight excluding hydrogens is 464 g/mol. The van der Waals surface area contributed by atoms with Gasteiger partial charge in [0, 0.05) is 18.0 Å². The standard InChI is InChI=1S/C34H20N4/c1-36-32-13-15-38-34(21-32)31-7-3-5-25(20-31)27-9-11-28-17-26(8-10-29(28)18-27)24-4-2-6-30(19-24)33-16-23(22-35)12-14-37-33/h2-21H. The minimum absolute atomic E-state index is 0.583. The average Bonchev–Trinajstić information content (AvgIpc) is 3.00. The average molecular weight is 485 g/mol. The molecule has 4 heteroatoms. The molecule has 0 aliphatic rings. The summed E-state index contributed by atoms with van der Waals surface area (Å²) in [7, 11) is 0. The number of pyridine rings is 2. The molecule has 0 saturated heterocycles. The second-order valence-electron chi connectivity index (χ2n) is 8.99. The Morgan fingerprint density at radius 1 is 0.553 bits per heavy atom. The number of hydrogen-bond acceptors (Lipinski definition) is 3. The van der Waals surface area contributed by atoms with Crippen LogP contribution in [0.1, 0.15) is 5.56 Å². The fourth-order valence-corrected chi connectivity index (χ4v) is 4.63. The molecule has 0 aliphatic carbocycles. The Bertz CT molecular complexity index is 1770. The van der Waals surface area contributed by atoms with Crippen molar-refractivity contribution in [3.63, 3.8) is 0 Å². The molecule has 6 aromatic rings. The molecule has 4 nitrogen and oxygen atoms in total. The lowest BCUT2D eigenvalue weighted by molar-refractivity contribution is 1.31. The topological polar surface area (TPSA) is 53.9 Å². The summed E-state index contributed by atoms with van der Waals surface area (Å²) in [6.45, 7) is 7.28. The number of rotatable bonds is 4. The van der Waals surface area contributed by atoms with Crippen molar-refractivity contribution in [1.82, 2.24) is 9.97 Å². The zero-order chi connectivity index (χ0) is 25.9. The van der Waals surface area contributed by atoms with Crippen LogP contribution in [0.4, 0.5) is 5.69 Å². The quantitative estimate of drug-likeness (QED) is 0.235. The highest BCUT2D eigenvalue weighted by Gasteiger charge is 2.08. The van der Waals surface area contributed by atoms with Crippen molar-refractivity contribution < 1.29 is 0 Å². The smallest absolute Gasteiger partial charge is 0.190 e. The Balaban J connectivity index is 1.33. The number of benzene rings is 4. The molecular formula is C34H20N4. The van der Waals surface area contributed by atoms with Gasteiger partial charge in [-0.05, 0) is 87.1 Å². The van der Waals surface area contributed by atoms with Gasteiger partial charge in [-0.1, -0.05) is 60.7 Å². The van der Waals surface area contributed by atoms with E-state index in [-0.39, 0.29) is 0 Å². The zero-order valence-electron chi connectivity index (χ0n) is 20.3.